The molecule has 11 rings (SSSR count). The largest absolute Gasteiger partial charge is 0.455 e. The summed E-state index contributed by atoms with van der Waals surface area (Å²) in [6, 6.07) is 76.5. The van der Waals surface area contributed by atoms with Crippen molar-refractivity contribution in [3.05, 3.63) is 212 Å². The number of rotatable bonds is 6. The number of para-hydroxylation sites is 2. The molecule has 0 spiro atoms. The van der Waals surface area contributed by atoms with Gasteiger partial charge in [-0.15, -0.1) is 0 Å². The average molecular weight is 714 g/mol. The quantitative estimate of drug-likeness (QED) is 0.171. The van der Waals surface area contributed by atoms with Gasteiger partial charge in [0, 0.05) is 32.8 Å². The summed E-state index contributed by atoms with van der Waals surface area (Å²) in [5.74, 6) is 0. The van der Waals surface area contributed by atoms with Gasteiger partial charge in [0.15, 0.2) is 0 Å². The van der Waals surface area contributed by atoms with E-state index in [1.165, 1.54) is 49.4 Å². The average Bonchev–Trinajstić information content (AvgIpc) is 3.66. The van der Waals surface area contributed by atoms with Crippen molar-refractivity contribution in [1.82, 2.24) is 0 Å². The van der Waals surface area contributed by atoms with Crippen LogP contribution < -0.4 is 4.90 Å². The second kappa shape index (κ2) is 13.2. The molecule has 0 fully saturated rings. The molecule has 2 heteroatoms. The van der Waals surface area contributed by atoms with Gasteiger partial charge in [-0.1, -0.05) is 176 Å². The van der Waals surface area contributed by atoms with E-state index in [0.29, 0.717) is 0 Å². The smallest absolute Gasteiger partial charge is 0.143 e. The number of fused-ring (bicyclic) bond motifs is 7. The lowest BCUT2D eigenvalue weighted by atomic mass is 9.93. The Bertz CT molecular complexity index is 3230. The maximum Gasteiger partial charge on any atom is 0.143 e. The van der Waals surface area contributed by atoms with Crippen molar-refractivity contribution in [1.29, 1.82) is 0 Å². The third-order valence-corrected chi connectivity index (χ3v) is 11.3. The Kier molecular flexibility index (Phi) is 7.53. The van der Waals surface area contributed by atoms with Crippen LogP contribution in [0.5, 0.6) is 0 Å². The summed E-state index contributed by atoms with van der Waals surface area (Å²) in [6.07, 6.45) is 0. The molecule has 0 saturated heterocycles. The maximum absolute atomic E-state index is 6.50. The summed E-state index contributed by atoms with van der Waals surface area (Å²) in [6.45, 7) is 0. The molecule has 56 heavy (non-hydrogen) atoms. The maximum atomic E-state index is 6.50. The van der Waals surface area contributed by atoms with Crippen LogP contribution >= 0.6 is 0 Å². The normalized spacial score (nSPS) is 11.6. The lowest BCUT2D eigenvalue weighted by Gasteiger charge is -2.29. The van der Waals surface area contributed by atoms with Crippen molar-refractivity contribution in [3.8, 4) is 33.4 Å². The van der Waals surface area contributed by atoms with Crippen LogP contribution in [0.25, 0.3) is 87.6 Å². The molecule has 2 nitrogen and oxygen atoms in total. The van der Waals surface area contributed by atoms with Crippen molar-refractivity contribution in [2.45, 2.75) is 0 Å². The topological polar surface area (TPSA) is 16.4 Å². The van der Waals surface area contributed by atoms with E-state index < -0.39 is 0 Å². The van der Waals surface area contributed by atoms with Gasteiger partial charge in [-0.3, -0.25) is 0 Å². The lowest BCUT2D eigenvalue weighted by Crippen LogP contribution is -2.11. The minimum absolute atomic E-state index is 0.902. The number of benzene rings is 10. The first kappa shape index (κ1) is 32.0. The molecule has 11 aromatic rings. The highest BCUT2D eigenvalue weighted by molar-refractivity contribution is 6.20. The summed E-state index contributed by atoms with van der Waals surface area (Å²) >= 11 is 0. The van der Waals surface area contributed by atoms with Crippen molar-refractivity contribution in [2.24, 2.45) is 0 Å². The van der Waals surface area contributed by atoms with E-state index in [0.717, 1.165) is 55.3 Å². The van der Waals surface area contributed by atoms with Crippen molar-refractivity contribution in [3.63, 3.8) is 0 Å². The molecule has 1 heterocycles. The van der Waals surface area contributed by atoms with Gasteiger partial charge in [-0.25, -0.2) is 0 Å². The highest BCUT2D eigenvalue weighted by Gasteiger charge is 2.22. The van der Waals surface area contributed by atoms with Crippen LogP contribution in [0.4, 0.5) is 17.1 Å². The monoisotopic (exact) mass is 713 g/mol. The van der Waals surface area contributed by atoms with Crippen LogP contribution in [0.1, 0.15) is 0 Å². The molecule has 262 valence electrons. The molecular formula is C54H35NO. The first-order chi connectivity index (χ1) is 27.8. The Labute approximate surface area is 325 Å². The Morgan fingerprint density at radius 3 is 1.61 bits per heavy atom. The Morgan fingerprint density at radius 2 is 0.821 bits per heavy atom. The van der Waals surface area contributed by atoms with Crippen LogP contribution in [0.2, 0.25) is 0 Å². The molecule has 0 bridgehead atoms. The fourth-order valence-corrected chi connectivity index (χ4v) is 8.60. The van der Waals surface area contributed by atoms with Gasteiger partial charge in [0.25, 0.3) is 0 Å². The van der Waals surface area contributed by atoms with Gasteiger partial charge in [0.1, 0.15) is 11.2 Å². The number of hydrogen-bond acceptors (Lipinski definition) is 2. The van der Waals surface area contributed by atoms with Gasteiger partial charge in [0.2, 0.25) is 0 Å². The van der Waals surface area contributed by atoms with Crippen LogP contribution in [0.3, 0.4) is 0 Å². The van der Waals surface area contributed by atoms with Gasteiger partial charge in [-0.2, -0.15) is 0 Å². The van der Waals surface area contributed by atoms with Crippen LogP contribution in [0, 0.1) is 0 Å². The molecule has 0 unspecified atom stereocenters. The zero-order valence-electron chi connectivity index (χ0n) is 30.6. The summed E-state index contributed by atoms with van der Waals surface area (Å²) in [5.41, 5.74) is 12.3. The Morgan fingerprint density at radius 1 is 0.304 bits per heavy atom. The SMILES string of the molecule is c1ccc(N(c2ccc(-c3ccc(-c4cccc5ccccc45)cc3)cc2)c2cccc3ccccc23)c(-c2cc3c4ccccc4oc3c3ccccc23)c1. The first-order valence-electron chi connectivity index (χ1n) is 19.2. The second-order valence-corrected chi connectivity index (χ2v) is 14.4. The molecule has 0 N–H and O–H groups in total. The molecular weight excluding hydrogens is 679 g/mol. The van der Waals surface area contributed by atoms with Gasteiger partial charge >= 0.3 is 0 Å². The Hall–Kier alpha value is -7.42. The van der Waals surface area contributed by atoms with Crippen molar-refractivity contribution >= 4 is 71.3 Å². The second-order valence-electron chi connectivity index (χ2n) is 14.4. The van der Waals surface area contributed by atoms with E-state index in [2.05, 4.69) is 211 Å². The molecule has 0 aliphatic carbocycles. The molecule has 0 aliphatic heterocycles. The fraction of sp³-hybridized carbons (Fsp3) is 0. The van der Waals surface area contributed by atoms with E-state index in [9.17, 15) is 0 Å². The number of furan rings is 1. The van der Waals surface area contributed by atoms with E-state index in [4.69, 9.17) is 4.42 Å². The van der Waals surface area contributed by atoms with Crippen LogP contribution in [0.15, 0.2) is 217 Å². The van der Waals surface area contributed by atoms with Gasteiger partial charge in [-0.05, 0) is 85.8 Å². The van der Waals surface area contributed by atoms with Crippen LogP contribution in [-0.2, 0) is 0 Å². The zero-order chi connectivity index (χ0) is 37.0. The molecule has 0 radical (unpaired) electrons. The summed E-state index contributed by atoms with van der Waals surface area (Å²) in [4.78, 5) is 2.43. The lowest BCUT2D eigenvalue weighted by molar-refractivity contribution is 0.672. The van der Waals surface area contributed by atoms with E-state index >= 15 is 0 Å². The first-order valence-corrected chi connectivity index (χ1v) is 19.2. The third-order valence-electron chi connectivity index (χ3n) is 11.3. The molecule has 1 aromatic heterocycles. The number of anilines is 3. The van der Waals surface area contributed by atoms with Gasteiger partial charge < -0.3 is 9.32 Å². The molecule has 0 aliphatic rings. The van der Waals surface area contributed by atoms with Gasteiger partial charge in [0.05, 0.1) is 11.4 Å². The van der Waals surface area contributed by atoms with Crippen molar-refractivity contribution in [2.75, 3.05) is 4.90 Å². The summed E-state index contributed by atoms with van der Waals surface area (Å²) in [5, 5.41) is 9.43. The van der Waals surface area contributed by atoms with Crippen LogP contribution in [-0.4, -0.2) is 0 Å². The summed E-state index contributed by atoms with van der Waals surface area (Å²) in [7, 11) is 0. The minimum Gasteiger partial charge on any atom is -0.455 e. The fourth-order valence-electron chi connectivity index (χ4n) is 8.60. The number of hydrogen-bond donors (Lipinski definition) is 0. The molecule has 0 atom stereocenters. The van der Waals surface area contributed by atoms with Crippen molar-refractivity contribution < 1.29 is 4.42 Å². The molecule has 0 saturated carbocycles. The Balaban J connectivity index is 1.07. The van der Waals surface area contributed by atoms with E-state index in [1.807, 2.05) is 6.07 Å². The molecule has 0 amide bonds. The number of nitrogens with zero attached hydrogens (tertiary/aromatic N) is 1. The summed E-state index contributed by atoms with van der Waals surface area (Å²) < 4.78 is 6.50. The van der Waals surface area contributed by atoms with E-state index in [1.54, 1.807) is 0 Å². The minimum atomic E-state index is 0.902. The van der Waals surface area contributed by atoms with E-state index in [-0.39, 0.29) is 0 Å². The predicted octanol–water partition coefficient (Wildman–Crippen LogP) is 15.5. The third kappa shape index (κ3) is 5.26. The zero-order valence-corrected chi connectivity index (χ0v) is 30.6. The highest BCUT2D eigenvalue weighted by Crippen LogP contribution is 2.47. The standard InChI is InChI=1S/C54H35NO/c1-3-17-42-38(13-1)15-11-23-43(42)40-29-27-36(28-30-40)37-31-33-41(34-32-37)55(51-25-12-16-39-14-2-4-18-44(39)51)52-24-9-7-20-46(52)49-35-50-47-21-8-10-26-53(47)56-54(50)48-22-6-5-19-45(48)49/h1-35H. The predicted molar refractivity (Wildman–Crippen MR) is 237 cm³/mol. The highest BCUT2D eigenvalue weighted by atomic mass is 16.3. The molecule has 10 aromatic carbocycles.